The molecule has 1 aromatic rings. The van der Waals surface area contributed by atoms with Crippen LogP contribution in [0.1, 0.15) is 18.9 Å². The van der Waals surface area contributed by atoms with E-state index in [9.17, 15) is 0 Å². The largest absolute Gasteiger partial charge is 0.398 e. The molecule has 0 radical (unpaired) electrons. The summed E-state index contributed by atoms with van der Waals surface area (Å²) in [5.41, 5.74) is 7.62. The maximum Gasteiger partial charge on any atom is 0.128 e. The van der Waals surface area contributed by atoms with Crippen molar-refractivity contribution in [3.63, 3.8) is 0 Å². The van der Waals surface area contributed by atoms with Crippen molar-refractivity contribution < 1.29 is 0 Å². The number of rotatable bonds is 2. The molecule has 0 aliphatic heterocycles. The molecule has 3 nitrogen and oxygen atoms in total. The summed E-state index contributed by atoms with van der Waals surface area (Å²) in [6.07, 6.45) is 3.06. The van der Waals surface area contributed by atoms with Crippen molar-refractivity contribution in [3.8, 4) is 0 Å². The highest BCUT2D eigenvalue weighted by Gasteiger charge is 2.32. The number of hydrogen-bond acceptors (Lipinski definition) is 3. The Bertz CT molecular complexity index is 322. The average Bonchev–Trinajstić information content (AvgIpc) is 2.75. The number of hydrogen-bond donors (Lipinski definition) is 2. The third-order valence-electron chi connectivity index (χ3n) is 2.59. The van der Waals surface area contributed by atoms with Crippen LogP contribution in [0.3, 0.4) is 0 Å². The van der Waals surface area contributed by atoms with Crippen molar-refractivity contribution in [1.29, 1.82) is 0 Å². The van der Waals surface area contributed by atoms with Gasteiger partial charge in [0.15, 0.2) is 0 Å². The van der Waals surface area contributed by atoms with Crippen LogP contribution in [0.15, 0.2) is 12.3 Å². The second-order valence-electron chi connectivity index (χ2n) is 3.89. The Labute approximate surface area is 78.4 Å². The number of aryl methyl sites for hydroxylation is 1. The van der Waals surface area contributed by atoms with Crippen molar-refractivity contribution in [2.75, 3.05) is 11.1 Å². The van der Waals surface area contributed by atoms with Gasteiger partial charge in [0.1, 0.15) is 5.82 Å². The van der Waals surface area contributed by atoms with Crippen LogP contribution in [-0.4, -0.2) is 11.0 Å². The summed E-state index contributed by atoms with van der Waals surface area (Å²) in [6, 6.07) is 2.51. The van der Waals surface area contributed by atoms with E-state index in [0.717, 1.165) is 23.0 Å². The van der Waals surface area contributed by atoms with Gasteiger partial charge in [-0.1, -0.05) is 6.92 Å². The van der Waals surface area contributed by atoms with E-state index in [0.29, 0.717) is 6.04 Å². The predicted molar refractivity (Wildman–Crippen MR) is 54.6 cm³/mol. The number of nitrogen functional groups attached to an aromatic ring is 1. The molecule has 2 unspecified atom stereocenters. The molecule has 70 valence electrons. The van der Waals surface area contributed by atoms with Gasteiger partial charge in [-0.15, -0.1) is 0 Å². The molecular formula is C10H15N3. The molecule has 0 spiro atoms. The lowest BCUT2D eigenvalue weighted by molar-refractivity contribution is 0.923. The van der Waals surface area contributed by atoms with E-state index in [-0.39, 0.29) is 0 Å². The Morgan fingerprint density at radius 3 is 2.85 bits per heavy atom. The Morgan fingerprint density at radius 2 is 2.31 bits per heavy atom. The Morgan fingerprint density at radius 1 is 1.62 bits per heavy atom. The maximum absolute atomic E-state index is 5.77. The first-order valence-corrected chi connectivity index (χ1v) is 4.65. The molecule has 3 N–H and O–H groups in total. The van der Waals surface area contributed by atoms with Crippen molar-refractivity contribution in [3.05, 3.63) is 17.8 Å². The minimum absolute atomic E-state index is 0.606. The van der Waals surface area contributed by atoms with Crippen molar-refractivity contribution in [2.24, 2.45) is 5.92 Å². The van der Waals surface area contributed by atoms with Gasteiger partial charge >= 0.3 is 0 Å². The molecule has 0 amide bonds. The quantitative estimate of drug-likeness (QED) is 0.724. The van der Waals surface area contributed by atoms with E-state index in [1.807, 2.05) is 19.2 Å². The van der Waals surface area contributed by atoms with Crippen molar-refractivity contribution >= 4 is 11.5 Å². The van der Waals surface area contributed by atoms with Crippen LogP contribution in [0, 0.1) is 12.8 Å². The molecule has 2 rings (SSSR count). The van der Waals surface area contributed by atoms with Gasteiger partial charge in [-0.3, -0.25) is 0 Å². The van der Waals surface area contributed by atoms with E-state index in [1.165, 1.54) is 6.42 Å². The second kappa shape index (κ2) is 2.91. The third kappa shape index (κ3) is 1.74. The highest BCUT2D eigenvalue weighted by atomic mass is 15.0. The molecular weight excluding hydrogens is 162 g/mol. The number of nitrogens with zero attached hydrogens (tertiary/aromatic N) is 1. The molecule has 1 aliphatic carbocycles. The zero-order valence-electron chi connectivity index (χ0n) is 8.04. The first-order valence-electron chi connectivity index (χ1n) is 4.65. The molecule has 0 saturated heterocycles. The van der Waals surface area contributed by atoms with Gasteiger partial charge in [0, 0.05) is 24.0 Å². The minimum atomic E-state index is 0.606. The molecule has 13 heavy (non-hydrogen) atoms. The number of nitrogens with two attached hydrogens (primary N) is 1. The number of anilines is 2. The van der Waals surface area contributed by atoms with E-state index in [4.69, 9.17) is 5.73 Å². The summed E-state index contributed by atoms with van der Waals surface area (Å²) in [6.45, 7) is 4.20. The molecule has 0 aromatic carbocycles. The van der Waals surface area contributed by atoms with Crippen LogP contribution in [0.5, 0.6) is 0 Å². The summed E-state index contributed by atoms with van der Waals surface area (Å²) in [4.78, 5) is 4.26. The molecule has 1 saturated carbocycles. The fourth-order valence-corrected chi connectivity index (χ4v) is 1.33. The Balaban J connectivity index is 2.08. The van der Waals surface area contributed by atoms with Crippen LogP contribution < -0.4 is 11.1 Å². The van der Waals surface area contributed by atoms with Gasteiger partial charge in [0.25, 0.3) is 0 Å². The van der Waals surface area contributed by atoms with Crippen molar-refractivity contribution in [2.45, 2.75) is 26.3 Å². The number of aromatic nitrogens is 1. The van der Waals surface area contributed by atoms with Gasteiger partial charge < -0.3 is 11.1 Å². The summed E-state index contributed by atoms with van der Waals surface area (Å²) in [7, 11) is 0. The van der Waals surface area contributed by atoms with Crippen LogP contribution in [0.4, 0.5) is 11.5 Å². The smallest absolute Gasteiger partial charge is 0.128 e. The van der Waals surface area contributed by atoms with E-state index >= 15 is 0 Å². The number of nitrogens with one attached hydrogen (secondary N) is 1. The third-order valence-corrected chi connectivity index (χ3v) is 2.59. The normalized spacial score (nSPS) is 25.7. The summed E-state index contributed by atoms with van der Waals surface area (Å²) >= 11 is 0. The van der Waals surface area contributed by atoms with Crippen LogP contribution in [-0.2, 0) is 0 Å². The molecule has 3 heteroatoms. The molecule has 2 atom stereocenters. The fourth-order valence-electron chi connectivity index (χ4n) is 1.33. The van der Waals surface area contributed by atoms with Crippen LogP contribution in [0.25, 0.3) is 0 Å². The Kier molecular flexibility index (Phi) is 1.87. The first kappa shape index (κ1) is 8.35. The first-order chi connectivity index (χ1) is 6.16. The second-order valence-corrected chi connectivity index (χ2v) is 3.89. The fraction of sp³-hybridized carbons (Fsp3) is 0.500. The maximum atomic E-state index is 5.77. The monoisotopic (exact) mass is 177 g/mol. The predicted octanol–water partition coefficient (Wildman–Crippen LogP) is 1.79. The standard InChI is InChI=1S/C10H15N3/c1-6-3-9(6)13-10-4-8(11)7(2)5-12-10/h4-6,9H,3H2,1-2H3,(H3,11,12,13). The minimum Gasteiger partial charge on any atom is -0.398 e. The average molecular weight is 177 g/mol. The summed E-state index contributed by atoms with van der Waals surface area (Å²) in [5.74, 6) is 1.68. The van der Waals surface area contributed by atoms with Crippen LogP contribution >= 0.6 is 0 Å². The Hall–Kier alpha value is -1.25. The molecule has 1 fully saturated rings. The van der Waals surface area contributed by atoms with E-state index < -0.39 is 0 Å². The molecule has 0 bridgehead atoms. The lowest BCUT2D eigenvalue weighted by Gasteiger charge is -2.05. The summed E-state index contributed by atoms with van der Waals surface area (Å²) < 4.78 is 0. The lowest BCUT2D eigenvalue weighted by atomic mass is 10.2. The highest BCUT2D eigenvalue weighted by Crippen LogP contribution is 2.32. The zero-order chi connectivity index (χ0) is 9.42. The van der Waals surface area contributed by atoms with Crippen molar-refractivity contribution in [1.82, 2.24) is 4.98 Å². The number of pyridine rings is 1. The van der Waals surface area contributed by atoms with Gasteiger partial charge in [-0.05, 0) is 24.8 Å². The van der Waals surface area contributed by atoms with Gasteiger partial charge in [0.2, 0.25) is 0 Å². The molecule has 1 aliphatic rings. The zero-order valence-corrected chi connectivity index (χ0v) is 8.04. The topological polar surface area (TPSA) is 50.9 Å². The molecule has 1 aromatic heterocycles. The SMILES string of the molecule is Cc1cnc(NC2CC2C)cc1N. The lowest BCUT2D eigenvalue weighted by Crippen LogP contribution is -2.06. The van der Waals surface area contributed by atoms with Gasteiger partial charge in [-0.2, -0.15) is 0 Å². The van der Waals surface area contributed by atoms with Gasteiger partial charge in [-0.25, -0.2) is 4.98 Å². The van der Waals surface area contributed by atoms with E-state index in [2.05, 4.69) is 17.2 Å². The van der Waals surface area contributed by atoms with E-state index in [1.54, 1.807) is 0 Å². The summed E-state index contributed by atoms with van der Waals surface area (Å²) in [5, 5.41) is 3.34. The molecule has 1 heterocycles. The highest BCUT2D eigenvalue weighted by molar-refractivity contribution is 5.54. The van der Waals surface area contributed by atoms with Crippen LogP contribution in [0.2, 0.25) is 0 Å². The van der Waals surface area contributed by atoms with Gasteiger partial charge in [0.05, 0.1) is 0 Å².